The molecule has 0 spiro atoms. The molecule has 3 heteroatoms. The van der Waals surface area contributed by atoms with Crippen LogP contribution in [-0.2, 0) is 0 Å². The first kappa shape index (κ1) is 12.4. The summed E-state index contributed by atoms with van der Waals surface area (Å²) in [5.41, 5.74) is 1.24. The summed E-state index contributed by atoms with van der Waals surface area (Å²) in [6, 6.07) is 8.07. The fourth-order valence-electron chi connectivity index (χ4n) is 2.17. The summed E-state index contributed by atoms with van der Waals surface area (Å²) >= 11 is 0. The third-order valence-electron chi connectivity index (χ3n) is 3.29. The van der Waals surface area contributed by atoms with E-state index in [2.05, 4.69) is 11.8 Å². The third-order valence-corrected chi connectivity index (χ3v) is 3.29. The van der Waals surface area contributed by atoms with E-state index >= 15 is 0 Å². The molecule has 1 atom stereocenters. The molecule has 1 aromatic carbocycles. The van der Waals surface area contributed by atoms with E-state index in [1.54, 1.807) is 0 Å². The van der Waals surface area contributed by atoms with Crippen molar-refractivity contribution >= 4 is 0 Å². The number of hydrogen-bond acceptors (Lipinski definition) is 2. The van der Waals surface area contributed by atoms with Crippen molar-refractivity contribution < 1.29 is 9.13 Å². The minimum Gasteiger partial charge on any atom is -0.492 e. The van der Waals surface area contributed by atoms with Crippen LogP contribution in [0.3, 0.4) is 0 Å². The molecule has 1 aromatic rings. The lowest BCUT2D eigenvalue weighted by atomic mass is 10.1. The summed E-state index contributed by atoms with van der Waals surface area (Å²) in [5, 5.41) is 0. The topological polar surface area (TPSA) is 12.5 Å². The van der Waals surface area contributed by atoms with E-state index in [1.807, 2.05) is 24.3 Å². The van der Waals surface area contributed by atoms with Crippen LogP contribution in [0.5, 0.6) is 5.75 Å². The number of benzene rings is 1. The molecule has 1 heterocycles. The highest BCUT2D eigenvalue weighted by Crippen LogP contribution is 2.16. The van der Waals surface area contributed by atoms with Crippen molar-refractivity contribution in [3.05, 3.63) is 29.8 Å². The summed E-state index contributed by atoms with van der Waals surface area (Å²) in [6.07, 6.45) is 0.987. The fraction of sp³-hybridized carbons (Fsp3) is 0.571. The predicted octanol–water partition coefficient (Wildman–Crippen LogP) is 2.67. The predicted molar refractivity (Wildman–Crippen MR) is 67.2 cm³/mol. The normalized spacial score (nSPS) is 20.7. The summed E-state index contributed by atoms with van der Waals surface area (Å²) < 4.78 is 18.1. The average Bonchev–Trinajstić information content (AvgIpc) is 2.80. The van der Waals surface area contributed by atoms with Crippen LogP contribution >= 0.6 is 0 Å². The van der Waals surface area contributed by atoms with E-state index in [0.29, 0.717) is 6.61 Å². The third kappa shape index (κ3) is 3.70. The number of hydrogen-bond donors (Lipinski definition) is 0. The SMILES string of the molecule is Cc1ccc(OCCN2CCC(CF)C2)cc1. The second-order valence-corrected chi connectivity index (χ2v) is 4.77. The highest BCUT2D eigenvalue weighted by Gasteiger charge is 2.21. The number of aryl methyl sites for hydroxylation is 1. The number of nitrogens with zero attached hydrogens (tertiary/aromatic N) is 1. The van der Waals surface area contributed by atoms with Gasteiger partial charge in [-0.2, -0.15) is 0 Å². The van der Waals surface area contributed by atoms with Crippen molar-refractivity contribution in [1.82, 2.24) is 4.90 Å². The quantitative estimate of drug-likeness (QED) is 0.780. The van der Waals surface area contributed by atoms with Crippen molar-refractivity contribution in [2.75, 3.05) is 32.9 Å². The molecule has 1 unspecified atom stereocenters. The first-order valence-electron chi connectivity index (χ1n) is 6.25. The maximum Gasteiger partial charge on any atom is 0.119 e. The lowest BCUT2D eigenvalue weighted by Gasteiger charge is -2.15. The second-order valence-electron chi connectivity index (χ2n) is 4.77. The Labute approximate surface area is 102 Å². The molecule has 1 aliphatic rings. The molecule has 0 saturated carbocycles. The summed E-state index contributed by atoms with van der Waals surface area (Å²) in [7, 11) is 0. The van der Waals surface area contributed by atoms with Gasteiger partial charge >= 0.3 is 0 Å². The molecule has 17 heavy (non-hydrogen) atoms. The lowest BCUT2D eigenvalue weighted by molar-refractivity contribution is 0.228. The Morgan fingerprint density at radius 2 is 2.12 bits per heavy atom. The van der Waals surface area contributed by atoms with Gasteiger partial charge in [0, 0.05) is 19.0 Å². The van der Waals surface area contributed by atoms with E-state index in [9.17, 15) is 4.39 Å². The molecule has 1 fully saturated rings. The van der Waals surface area contributed by atoms with Gasteiger partial charge in [-0.05, 0) is 32.0 Å². The highest BCUT2D eigenvalue weighted by molar-refractivity contribution is 5.26. The largest absolute Gasteiger partial charge is 0.492 e. The van der Waals surface area contributed by atoms with E-state index < -0.39 is 0 Å². The van der Waals surface area contributed by atoms with Gasteiger partial charge in [-0.3, -0.25) is 9.29 Å². The number of alkyl halides is 1. The molecule has 94 valence electrons. The maximum absolute atomic E-state index is 12.4. The number of halogens is 1. The van der Waals surface area contributed by atoms with Crippen LogP contribution in [0, 0.1) is 12.8 Å². The van der Waals surface area contributed by atoms with Crippen LogP contribution in [0.2, 0.25) is 0 Å². The molecule has 2 rings (SSSR count). The van der Waals surface area contributed by atoms with Crippen molar-refractivity contribution in [1.29, 1.82) is 0 Å². The molecule has 1 aliphatic heterocycles. The number of ether oxygens (including phenoxy) is 1. The van der Waals surface area contributed by atoms with Crippen LogP contribution in [0.25, 0.3) is 0 Å². The number of likely N-dealkylation sites (tertiary alicyclic amines) is 1. The Morgan fingerprint density at radius 1 is 1.35 bits per heavy atom. The van der Waals surface area contributed by atoms with Gasteiger partial charge < -0.3 is 4.74 Å². The number of rotatable bonds is 5. The second kappa shape index (κ2) is 6.01. The Kier molecular flexibility index (Phi) is 4.37. The zero-order chi connectivity index (χ0) is 12.1. The van der Waals surface area contributed by atoms with Gasteiger partial charge in [0.25, 0.3) is 0 Å². The van der Waals surface area contributed by atoms with Gasteiger partial charge in [-0.25, -0.2) is 0 Å². The Morgan fingerprint density at radius 3 is 2.76 bits per heavy atom. The van der Waals surface area contributed by atoms with Crippen molar-refractivity contribution in [2.45, 2.75) is 13.3 Å². The summed E-state index contributed by atoms with van der Waals surface area (Å²) in [5.74, 6) is 1.16. The van der Waals surface area contributed by atoms with E-state index in [1.165, 1.54) is 5.56 Å². The first-order chi connectivity index (χ1) is 8.28. The van der Waals surface area contributed by atoms with Gasteiger partial charge in [-0.15, -0.1) is 0 Å². The Bertz CT molecular complexity index is 339. The molecule has 0 N–H and O–H groups in total. The molecule has 2 nitrogen and oxygen atoms in total. The van der Waals surface area contributed by atoms with Gasteiger partial charge in [0.1, 0.15) is 12.4 Å². The summed E-state index contributed by atoms with van der Waals surface area (Å²) in [6.45, 7) is 5.34. The summed E-state index contributed by atoms with van der Waals surface area (Å²) in [4.78, 5) is 2.28. The van der Waals surface area contributed by atoms with Gasteiger partial charge in [0.2, 0.25) is 0 Å². The molecular weight excluding hydrogens is 217 g/mol. The monoisotopic (exact) mass is 237 g/mol. The molecule has 0 aliphatic carbocycles. The van der Waals surface area contributed by atoms with Crippen molar-refractivity contribution in [3.63, 3.8) is 0 Å². The van der Waals surface area contributed by atoms with Crippen molar-refractivity contribution in [2.24, 2.45) is 5.92 Å². The van der Waals surface area contributed by atoms with Gasteiger partial charge in [0.05, 0.1) is 6.67 Å². The van der Waals surface area contributed by atoms with Crippen LogP contribution in [0.15, 0.2) is 24.3 Å². The molecule has 0 aromatic heterocycles. The van der Waals surface area contributed by atoms with E-state index in [-0.39, 0.29) is 12.6 Å². The van der Waals surface area contributed by atoms with Crippen LogP contribution in [-0.4, -0.2) is 37.8 Å². The smallest absolute Gasteiger partial charge is 0.119 e. The molecule has 0 radical (unpaired) electrons. The van der Waals surface area contributed by atoms with Gasteiger partial charge in [0.15, 0.2) is 0 Å². The minimum absolute atomic E-state index is 0.185. The fourth-order valence-corrected chi connectivity index (χ4v) is 2.17. The molecule has 0 bridgehead atoms. The van der Waals surface area contributed by atoms with Crippen LogP contribution in [0.4, 0.5) is 4.39 Å². The molecular formula is C14H20FNO. The first-order valence-corrected chi connectivity index (χ1v) is 6.25. The van der Waals surface area contributed by atoms with E-state index in [4.69, 9.17) is 4.74 Å². The average molecular weight is 237 g/mol. The van der Waals surface area contributed by atoms with Crippen molar-refractivity contribution in [3.8, 4) is 5.75 Å². The lowest BCUT2D eigenvalue weighted by Crippen LogP contribution is -2.26. The minimum atomic E-state index is -0.185. The Hall–Kier alpha value is -1.09. The van der Waals surface area contributed by atoms with Gasteiger partial charge in [-0.1, -0.05) is 17.7 Å². The van der Waals surface area contributed by atoms with E-state index in [0.717, 1.165) is 31.8 Å². The highest BCUT2D eigenvalue weighted by atomic mass is 19.1. The molecule has 0 amide bonds. The zero-order valence-corrected chi connectivity index (χ0v) is 10.4. The maximum atomic E-state index is 12.4. The Balaban J connectivity index is 1.68. The standard InChI is InChI=1S/C14H20FNO/c1-12-2-4-14(5-3-12)17-9-8-16-7-6-13(10-15)11-16/h2-5,13H,6-11H2,1H3. The van der Waals surface area contributed by atoms with Crippen LogP contribution < -0.4 is 4.74 Å². The van der Waals surface area contributed by atoms with Crippen LogP contribution in [0.1, 0.15) is 12.0 Å². The zero-order valence-electron chi connectivity index (χ0n) is 10.4. The molecule has 1 saturated heterocycles.